The Morgan fingerprint density at radius 2 is 1.96 bits per heavy atom. The van der Waals surface area contributed by atoms with Gasteiger partial charge in [0.2, 0.25) is 5.91 Å². The summed E-state index contributed by atoms with van der Waals surface area (Å²) < 4.78 is 2.07. The standard InChI is InChI=1S/C20H23N3O/c1-14-5-4-6-16(11-14)8-10-20(24)21-13-17-7-9-19-18(12-17)22-15(2)23(19)3/h4-7,9,11-12H,8,10,13H2,1-3H3,(H,21,24). The van der Waals surface area contributed by atoms with E-state index in [0.717, 1.165) is 28.8 Å². The number of carbonyl (C=O) groups is 1. The first-order valence-corrected chi connectivity index (χ1v) is 8.27. The average Bonchev–Trinajstić information content (AvgIpc) is 2.85. The molecule has 0 unspecified atom stereocenters. The number of nitrogens with one attached hydrogen (secondary N) is 1. The summed E-state index contributed by atoms with van der Waals surface area (Å²) in [6.07, 6.45) is 1.28. The minimum atomic E-state index is 0.0776. The summed E-state index contributed by atoms with van der Waals surface area (Å²) in [5.74, 6) is 1.07. The van der Waals surface area contributed by atoms with Gasteiger partial charge in [-0.25, -0.2) is 4.98 Å². The van der Waals surface area contributed by atoms with E-state index >= 15 is 0 Å². The molecule has 0 saturated carbocycles. The Hall–Kier alpha value is -2.62. The minimum Gasteiger partial charge on any atom is -0.352 e. The molecular weight excluding hydrogens is 298 g/mol. The second-order valence-electron chi connectivity index (χ2n) is 6.31. The summed E-state index contributed by atoms with van der Waals surface area (Å²) in [5, 5.41) is 3.00. The van der Waals surface area contributed by atoms with Gasteiger partial charge in [-0.1, -0.05) is 35.9 Å². The zero-order chi connectivity index (χ0) is 17.1. The molecule has 24 heavy (non-hydrogen) atoms. The number of hydrogen-bond acceptors (Lipinski definition) is 2. The van der Waals surface area contributed by atoms with Crippen molar-refractivity contribution < 1.29 is 4.79 Å². The lowest BCUT2D eigenvalue weighted by Crippen LogP contribution is -2.23. The Labute approximate surface area is 142 Å². The normalized spacial score (nSPS) is 11.0. The number of nitrogens with zero attached hydrogens (tertiary/aromatic N) is 2. The fourth-order valence-corrected chi connectivity index (χ4v) is 2.89. The van der Waals surface area contributed by atoms with Crippen LogP contribution in [0, 0.1) is 13.8 Å². The van der Waals surface area contributed by atoms with E-state index in [4.69, 9.17) is 0 Å². The van der Waals surface area contributed by atoms with E-state index in [9.17, 15) is 4.79 Å². The molecule has 0 aliphatic heterocycles. The molecule has 1 aromatic heterocycles. The molecule has 0 fully saturated rings. The molecule has 2 aromatic carbocycles. The summed E-state index contributed by atoms with van der Waals surface area (Å²) in [6, 6.07) is 14.4. The molecule has 4 nitrogen and oxygen atoms in total. The Morgan fingerprint density at radius 1 is 1.12 bits per heavy atom. The van der Waals surface area contributed by atoms with E-state index in [2.05, 4.69) is 46.1 Å². The lowest BCUT2D eigenvalue weighted by atomic mass is 10.1. The molecule has 4 heteroatoms. The monoisotopic (exact) mass is 321 g/mol. The molecule has 0 saturated heterocycles. The number of carbonyl (C=O) groups excluding carboxylic acids is 1. The SMILES string of the molecule is Cc1cccc(CCC(=O)NCc2ccc3c(c2)nc(C)n3C)c1. The lowest BCUT2D eigenvalue weighted by molar-refractivity contribution is -0.121. The number of rotatable bonds is 5. The molecular formula is C20H23N3O. The van der Waals surface area contributed by atoms with Gasteiger partial charge < -0.3 is 9.88 Å². The Kier molecular flexibility index (Phi) is 4.65. The fourth-order valence-electron chi connectivity index (χ4n) is 2.89. The van der Waals surface area contributed by atoms with Crippen molar-refractivity contribution in [3.05, 3.63) is 65.0 Å². The van der Waals surface area contributed by atoms with Gasteiger partial charge in [-0.3, -0.25) is 4.79 Å². The molecule has 3 rings (SSSR count). The number of imidazole rings is 1. The van der Waals surface area contributed by atoms with Crippen LogP contribution in [-0.2, 0) is 24.8 Å². The number of aryl methyl sites for hydroxylation is 4. The van der Waals surface area contributed by atoms with E-state index in [1.165, 1.54) is 11.1 Å². The van der Waals surface area contributed by atoms with Gasteiger partial charge in [-0.2, -0.15) is 0 Å². The van der Waals surface area contributed by atoms with Gasteiger partial charge in [0.25, 0.3) is 0 Å². The quantitative estimate of drug-likeness (QED) is 0.782. The van der Waals surface area contributed by atoms with Crippen molar-refractivity contribution in [2.24, 2.45) is 7.05 Å². The third kappa shape index (κ3) is 3.65. The Morgan fingerprint density at radius 3 is 2.75 bits per heavy atom. The Balaban J connectivity index is 1.56. The third-order valence-electron chi connectivity index (χ3n) is 4.38. The predicted octanol–water partition coefficient (Wildman–Crippen LogP) is 3.44. The predicted molar refractivity (Wildman–Crippen MR) is 96.8 cm³/mol. The molecule has 3 aromatic rings. The van der Waals surface area contributed by atoms with Gasteiger partial charge >= 0.3 is 0 Å². The highest BCUT2D eigenvalue weighted by Gasteiger charge is 2.06. The van der Waals surface area contributed by atoms with E-state index < -0.39 is 0 Å². The van der Waals surface area contributed by atoms with Crippen LogP contribution >= 0.6 is 0 Å². The van der Waals surface area contributed by atoms with Gasteiger partial charge in [0.1, 0.15) is 5.82 Å². The van der Waals surface area contributed by atoms with Gasteiger partial charge in [0.05, 0.1) is 11.0 Å². The fraction of sp³-hybridized carbons (Fsp3) is 0.300. The number of fused-ring (bicyclic) bond motifs is 1. The van der Waals surface area contributed by atoms with Crippen molar-refractivity contribution in [1.82, 2.24) is 14.9 Å². The number of aromatic nitrogens is 2. The summed E-state index contributed by atoms with van der Waals surface area (Å²) in [4.78, 5) is 16.6. The van der Waals surface area contributed by atoms with Gasteiger partial charge in [-0.15, -0.1) is 0 Å². The maximum Gasteiger partial charge on any atom is 0.220 e. The zero-order valence-corrected chi connectivity index (χ0v) is 14.5. The molecule has 1 heterocycles. The van der Waals surface area contributed by atoms with Crippen molar-refractivity contribution in [2.45, 2.75) is 33.2 Å². The maximum absolute atomic E-state index is 12.1. The molecule has 124 valence electrons. The van der Waals surface area contributed by atoms with Crippen LogP contribution in [0.2, 0.25) is 0 Å². The Bertz CT molecular complexity index is 880. The highest BCUT2D eigenvalue weighted by molar-refractivity contribution is 5.78. The van der Waals surface area contributed by atoms with Gasteiger partial charge in [-0.05, 0) is 43.5 Å². The smallest absolute Gasteiger partial charge is 0.220 e. The second kappa shape index (κ2) is 6.87. The second-order valence-corrected chi connectivity index (χ2v) is 6.31. The van der Waals surface area contributed by atoms with Crippen LogP contribution < -0.4 is 5.32 Å². The van der Waals surface area contributed by atoms with Crippen molar-refractivity contribution in [1.29, 1.82) is 0 Å². The van der Waals surface area contributed by atoms with Gasteiger partial charge in [0, 0.05) is 20.0 Å². The largest absolute Gasteiger partial charge is 0.352 e. The van der Waals surface area contributed by atoms with Crippen LogP contribution in [0.1, 0.15) is 28.9 Å². The molecule has 0 aliphatic rings. The van der Waals surface area contributed by atoms with Crippen molar-refractivity contribution in [3.63, 3.8) is 0 Å². The van der Waals surface area contributed by atoms with Crippen molar-refractivity contribution in [3.8, 4) is 0 Å². The first-order chi connectivity index (χ1) is 11.5. The summed E-state index contributed by atoms with van der Waals surface area (Å²) >= 11 is 0. The van der Waals surface area contributed by atoms with Crippen LogP contribution in [0.5, 0.6) is 0 Å². The number of amides is 1. The number of benzene rings is 2. The molecule has 0 radical (unpaired) electrons. The molecule has 0 atom stereocenters. The van der Waals surface area contributed by atoms with Crippen molar-refractivity contribution in [2.75, 3.05) is 0 Å². The average molecular weight is 321 g/mol. The van der Waals surface area contributed by atoms with Crippen molar-refractivity contribution >= 4 is 16.9 Å². The van der Waals surface area contributed by atoms with Crippen LogP contribution in [0.4, 0.5) is 0 Å². The van der Waals surface area contributed by atoms with E-state index in [0.29, 0.717) is 13.0 Å². The third-order valence-corrected chi connectivity index (χ3v) is 4.38. The first-order valence-electron chi connectivity index (χ1n) is 8.27. The summed E-state index contributed by atoms with van der Waals surface area (Å²) in [6.45, 7) is 4.60. The summed E-state index contributed by atoms with van der Waals surface area (Å²) in [7, 11) is 2.01. The van der Waals surface area contributed by atoms with E-state index in [-0.39, 0.29) is 5.91 Å². The molecule has 0 spiro atoms. The highest BCUT2D eigenvalue weighted by atomic mass is 16.1. The zero-order valence-electron chi connectivity index (χ0n) is 14.5. The molecule has 1 amide bonds. The lowest BCUT2D eigenvalue weighted by Gasteiger charge is -2.06. The summed E-state index contributed by atoms with van der Waals surface area (Å²) in [5.41, 5.74) is 5.59. The topological polar surface area (TPSA) is 46.9 Å². The minimum absolute atomic E-state index is 0.0776. The van der Waals surface area contributed by atoms with Crippen LogP contribution in [-0.4, -0.2) is 15.5 Å². The van der Waals surface area contributed by atoms with Gasteiger partial charge in [0.15, 0.2) is 0 Å². The van der Waals surface area contributed by atoms with E-state index in [1.807, 2.05) is 32.2 Å². The number of hydrogen-bond donors (Lipinski definition) is 1. The maximum atomic E-state index is 12.1. The highest BCUT2D eigenvalue weighted by Crippen LogP contribution is 2.16. The van der Waals surface area contributed by atoms with Crippen LogP contribution in [0.25, 0.3) is 11.0 Å². The van der Waals surface area contributed by atoms with Crippen LogP contribution in [0.15, 0.2) is 42.5 Å². The van der Waals surface area contributed by atoms with E-state index in [1.54, 1.807) is 0 Å². The molecule has 0 aliphatic carbocycles. The molecule has 1 N–H and O–H groups in total. The first kappa shape index (κ1) is 16.2. The molecule has 0 bridgehead atoms. The van der Waals surface area contributed by atoms with Crippen LogP contribution in [0.3, 0.4) is 0 Å².